The molecule has 0 spiro atoms. The molecule has 1 fully saturated rings. The van der Waals surface area contributed by atoms with Gasteiger partial charge >= 0.3 is 0 Å². The number of hydrogen-bond donors (Lipinski definition) is 1. The van der Waals surface area contributed by atoms with E-state index in [9.17, 15) is 0 Å². The van der Waals surface area contributed by atoms with Gasteiger partial charge in [-0.1, -0.05) is 18.2 Å². The van der Waals surface area contributed by atoms with Crippen LogP contribution in [0.2, 0.25) is 0 Å². The highest BCUT2D eigenvalue weighted by Gasteiger charge is 2.15. The van der Waals surface area contributed by atoms with Crippen LogP contribution >= 0.6 is 11.3 Å². The second-order valence-corrected chi connectivity index (χ2v) is 7.40. The first kappa shape index (κ1) is 14.9. The molecule has 1 saturated heterocycles. The Labute approximate surface area is 149 Å². The lowest BCUT2D eigenvalue weighted by atomic mass is 10.1. The summed E-state index contributed by atoms with van der Waals surface area (Å²) in [5.41, 5.74) is 1.90. The van der Waals surface area contributed by atoms with E-state index in [1.807, 2.05) is 22.8 Å². The van der Waals surface area contributed by atoms with Crippen molar-refractivity contribution in [3.63, 3.8) is 0 Å². The van der Waals surface area contributed by atoms with Crippen molar-refractivity contribution in [2.75, 3.05) is 18.5 Å². The van der Waals surface area contributed by atoms with Crippen LogP contribution in [0.3, 0.4) is 0 Å². The Bertz CT molecular complexity index is 999. The number of anilines is 1. The van der Waals surface area contributed by atoms with Gasteiger partial charge in [-0.3, -0.25) is 0 Å². The number of imidazole rings is 1. The van der Waals surface area contributed by atoms with Gasteiger partial charge in [-0.05, 0) is 42.5 Å². The summed E-state index contributed by atoms with van der Waals surface area (Å²) in [6.45, 7) is 1.63. The molecule has 0 amide bonds. The van der Waals surface area contributed by atoms with Crippen LogP contribution in [0.15, 0.2) is 48.7 Å². The average Bonchev–Trinajstić information content (AvgIpc) is 3.25. The van der Waals surface area contributed by atoms with Crippen LogP contribution in [-0.4, -0.2) is 33.9 Å². The molecule has 0 radical (unpaired) electrons. The number of hydrogen-bond acceptors (Lipinski definition) is 5. The Hall–Kier alpha value is -2.44. The van der Waals surface area contributed by atoms with Crippen LogP contribution in [0.5, 0.6) is 0 Å². The number of nitrogens with zero attached hydrogens (tertiary/aromatic N) is 3. The maximum absolute atomic E-state index is 5.43. The minimum Gasteiger partial charge on any atom is -0.381 e. The molecule has 5 nitrogen and oxygen atoms in total. The number of ether oxygens (including phenoxy) is 1. The largest absolute Gasteiger partial charge is 0.381 e. The van der Waals surface area contributed by atoms with Gasteiger partial charge in [-0.2, -0.15) is 0 Å². The first-order valence-corrected chi connectivity index (χ1v) is 9.36. The van der Waals surface area contributed by atoms with Crippen molar-refractivity contribution in [3.8, 4) is 10.6 Å². The van der Waals surface area contributed by atoms with Gasteiger partial charge in [0, 0.05) is 24.0 Å². The van der Waals surface area contributed by atoms with Crippen LogP contribution < -0.4 is 5.32 Å². The van der Waals surface area contributed by atoms with Crippen molar-refractivity contribution in [1.29, 1.82) is 0 Å². The molecule has 1 N–H and O–H groups in total. The number of aromatic nitrogens is 3. The van der Waals surface area contributed by atoms with Gasteiger partial charge in [-0.15, -0.1) is 16.4 Å². The molecule has 1 aliphatic rings. The van der Waals surface area contributed by atoms with Gasteiger partial charge in [0.05, 0.1) is 11.1 Å². The summed E-state index contributed by atoms with van der Waals surface area (Å²) in [4.78, 5) is 5.70. The fraction of sp³-hybridized carbons (Fsp3) is 0.263. The predicted molar refractivity (Wildman–Crippen MR) is 101 cm³/mol. The quantitative estimate of drug-likeness (QED) is 0.602. The van der Waals surface area contributed by atoms with Crippen molar-refractivity contribution in [2.45, 2.75) is 18.9 Å². The number of rotatable bonds is 3. The van der Waals surface area contributed by atoms with E-state index < -0.39 is 0 Å². The molecule has 6 heteroatoms. The third kappa shape index (κ3) is 2.77. The predicted octanol–water partition coefficient (Wildman–Crippen LogP) is 4.20. The molecular formula is C19H18N4OS. The van der Waals surface area contributed by atoms with E-state index in [0.717, 1.165) is 43.2 Å². The minimum absolute atomic E-state index is 0.426. The molecule has 0 atom stereocenters. The van der Waals surface area contributed by atoms with E-state index in [1.54, 1.807) is 11.3 Å². The molecule has 3 aromatic heterocycles. The summed E-state index contributed by atoms with van der Waals surface area (Å²) >= 11 is 1.77. The Morgan fingerprint density at radius 1 is 1.12 bits per heavy atom. The molecule has 4 heterocycles. The molecule has 1 aliphatic heterocycles. The fourth-order valence-corrected chi connectivity index (χ4v) is 4.34. The highest BCUT2D eigenvalue weighted by molar-refractivity contribution is 7.22. The number of fused-ring (bicyclic) bond motifs is 2. The monoisotopic (exact) mass is 350 g/mol. The first-order valence-electron chi connectivity index (χ1n) is 8.55. The van der Waals surface area contributed by atoms with Crippen LogP contribution in [0.4, 0.5) is 5.82 Å². The molecule has 25 heavy (non-hydrogen) atoms. The van der Waals surface area contributed by atoms with Gasteiger partial charge in [0.1, 0.15) is 11.5 Å². The number of nitrogens with one attached hydrogen (secondary N) is 1. The molecular weight excluding hydrogens is 332 g/mol. The van der Waals surface area contributed by atoms with Gasteiger partial charge in [0.2, 0.25) is 0 Å². The number of benzene rings is 1. The highest BCUT2D eigenvalue weighted by atomic mass is 32.1. The summed E-state index contributed by atoms with van der Waals surface area (Å²) in [7, 11) is 0. The Morgan fingerprint density at radius 2 is 2.00 bits per heavy atom. The molecule has 5 rings (SSSR count). The molecule has 0 unspecified atom stereocenters. The minimum atomic E-state index is 0.426. The topological polar surface area (TPSA) is 51.5 Å². The lowest BCUT2D eigenvalue weighted by molar-refractivity contribution is 0.0903. The first-order chi connectivity index (χ1) is 12.4. The summed E-state index contributed by atoms with van der Waals surface area (Å²) < 4.78 is 8.65. The van der Waals surface area contributed by atoms with Crippen molar-refractivity contribution < 1.29 is 4.74 Å². The molecule has 0 bridgehead atoms. The van der Waals surface area contributed by atoms with E-state index >= 15 is 0 Å². The zero-order valence-electron chi connectivity index (χ0n) is 13.7. The van der Waals surface area contributed by atoms with E-state index in [0.29, 0.717) is 6.04 Å². The Kier molecular flexibility index (Phi) is 3.64. The molecule has 0 saturated carbocycles. The molecule has 0 aliphatic carbocycles. The lowest BCUT2D eigenvalue weighted by Gasteiger charge is -2.23. The van der Waals surface area contributed by atoms with Crippen molar-refractivity contribution in [2.24, 2.45) is 0 Å². The SMILES string of the molecule is c1ccc2sc(-c3cnc4ccc(NC5CCOCC5)nn34)cc2c1. The maximum Gasteiger partial charge on any atom is 0.154 e. The summed E-state index contributed by atoms with van der Waals surface area (Å²) in [6, 6.07) is 15.1. The van der Waals surface area contributed by atoms with Crippen LogP contribution in [0.25, 0.3) is 26.3 Å². The standard InChI is InChI=1S/C19H18N4OS/c1-2-4-16-13(3-1)11-17(25-16)15-12-20-19-6-5-18(22-23(15)19)21-14-7-9-24-10-8-14/h1-6,11-12,14H,7-10H2,(H,21,22). The van der Waals surface area contributed by atoms with Gasteiger partial charge in [-0.25, -0.2) is 9.50 Å². The normalized spacial score (nSPS) is 15.8. The van der Waals surface area contributed by atoms with Crippen LogP contribution in [0.1, 0.15) is 12.8 Å². The zero-order valence-corrected chi connectivity index (χ0v) is 14.5. The van der Waals surface area contributed by atoms with Crippen molar-refractivity contribution >= 4 is 32.9 Å². The van der Waals surface area contributed by atoms with Crippen molar-refractivity contribution in [1.82, 2.24) is 14.6 Å². The third-order valence-electron chi connectivity index (χ3n) is 4.61. The van der Waals surface area contributed by atoms with Gasteiger partial charge < -0.3 is 10.1 Å². The van der Waals surface area contributed by atoms with E-state index in [1.165, 1.54) is 15.0 Å². The van der Waals surface area contributed by atoms with Crippen molar-refractivity contribution in [3.05, 3.63) is 48.7 Å². The zero-order chi connectivity index (χ0) is 16.6. The van der Waals surface area contributed by atoms with E-state index in [4.69, 9.17) is 9.84 Å². The van der Waals surface area contributed by atoms with Crippen LogP contribution in [0, 0.1) is 0 Å². The molecule has 126 valence electrons. The molecule has 4 aromatic rings. The van der Waals surface area contributed by atoms with Crippen LogP contribution in [-0.2, 0) is 4.74 Å². The smallest absolute Gasteiger partial charge is 0.154 e. The number of thiophene rings is 1. The highest BCUT2D eigenvalue weighted by Crippen LogP contribution is 2.33. The average molecular weight is 350 g/mol. The maximum atomic E-state index is 5.43. The molecule has 1 aromatic carbocycles. The Morgan fingerprint density at radius 3 is 2.88 bits per heavy atom. The fourth-order valence-electron chi connectivity index (χ4n) is 3.28. The Balaban J connectivity index is 1.53. The van der Waals surface area contributed by atoms with Gasteiger partial charge in [0.15, 0.2) is 5.65 Å². The third-order valence-corrected chi connectivity index (χ3v) is 5.75. The second-order valence-electron chi connectivity index (χ2n) is 6.31. The van der Waals surface area contributed by atoms with E-state index in [2.05, 4.69) is 40.6 Å². The van der Waals surface area contributed by atoms with Gasteiger partial charge in [0.25, 0.3) is 0 Å². The summed E-state index contributed by atoms with van der Waals surface area (Å²) in [5.74, 6) is 0.889. The lowest BCUT2D eigenvalue weighted by Crippen LogP contribution is -2.28. The summed E-state index contributed by atoms with van der Waals surface area (Å²) in [6.07, 6.45) is 3.95. The van der Waals surface area contributed by atoms with E-state index in [-0.39, 0.29) is 0 Å². The second kappa shape index (κ2) is 6.13. The summed E-state index contributed by atoms with van der Waals surface area (Å²) in [5, 5.41) is 9.57.